The number of rotatable bonds is 24. The fourth-order valence-electron chi connectivity index (χ4n) is 4.44. The van der Waals surface area contributed by atoms with E-state index in [9.17, 15) is 9.59 Å². The van der Waals surface area contributed by atoms with Gasteiger partial charge in [-0.2, -0.15) is 0 Å². The number of amides is 2. The van der Waals surface area contributed by atoms with Gasteiger partial charge in [-0.1, -0.05) is 104 Å². The molecular formula is C31H54N2O3S. The van der Waals surface area contributed by atoms with E-state index in [1.54, 1.807) is 24.9 Å². The number of methoxy groups -OCH3 is 1. The van der Waals surface area contributed by atoms with Crippen molar-refractivity contribution in [3.8, 4) is 0 Å². The first-order chi connectivity index (χ1) is 18.1. The molecule has 1 rings (SSSR count). The maximum absolute atomic E-state index is 12.6. The highest BCUT2D eigenvalue weighted by molar-refractivity contribution is 7.99. The van der Waals surface area contributed by atoms with Crippen molar-refractivity contribution >= 4 is 29.3 Å². The number of anilines is 1. The van der Waals surface area contributed by atoms with Gasteiger partial charge >= 0.3 is 0 Å². The zero-order valence-corrected chi connectivity index (χ0v) is 24.8. The Kier molecular flexibility index (Phi) is 21.3. The van der Waals surface area contributed by atoms with Gasteiger partial charge in [0, 0.05) is 37.1 Å². The number of hydrogen-bond donors (Lipinski definition) is 2. The maximum Gasteiger partial charge on any atom is 0.251 e. The fraction of sp³-hybridized carbons (Fsp3) is 0.742. The minimum Gasteiger partial charge on any atom is -0.385 e. The third-order valence-electron chi connectivity index (χ3n) is 6.63. The SMILES string of the molecule is CCCCCCCCCCCCCCCCCC(=O)Nc1cc(C(=O)NCCCOC)ccc1SCC. The molecule has 0 aliphatic heterocycles. The van der Waals surface area contributed by atoms with E-state index in [1.807, 2.05) is 12.1 Å². The molecule has 0 saturated heterocycles. The van der Waals surface area contributed by atoms with E-state index >= 15 is 0 Å². The van der Waals surface area contributed by atoms with Crippen LogP contribution in [0.2, 0.25) is 0 Å². The van der Waals surface area contributed by atoms with Crippen molar-refractivity contribution in [2.24, 2.45) is 0 Å². The van der Waals surface area contributed by atoms with Gasteiger partial charge in [0.25, 0.3) is 5.91 Å². The Morgan fingerprint density at radius 2 is 1.35 bits per heavy atom. The van der Waals surface area contributed by atoms with Gasteiger partial charge in [0.2, 0.25) is 5.91 Å². The molecule has 212 valence electrons. The maximum atomic E-state index is 12.6. The van der Waals surface area contributed by atoms with Gasteiger partial charge in [0.15, 0.2) is 0 Å². The summed E-state index contributed by atoms with van der Waals surface area (Å²) in [5.41, 5.74) is 1.31. The molecular weight excluding hydrogens is 480 g/mol. The summed E-state index contributed by atoms with van der Waals surface area (Å²) in [6.07, 6.45) is 21.0. The van der Waals surface area contributed by atoms with E-state index in [0.29, 0.717) is 25.1 Å². The molecule has 0 aromatic heterocycles. The van der Waals surface area contributed by atoms with Gasteiger partial charge < -0.3 is 15.4 Å². The summed E-state index contributed by atoms with van der Waals surface area (Å²) in [5.74, 6) is 0.817. The quantitative estimate of drug-likeness (QED) is 0.103. The van der Waals surface area contributed by atoms with Crippen LogP contribution in [-0.2, 0) is 9.53 Å². The second-order valence-electron chi connectivity index (χ2n) is 9.99. The van der Waals surface area contributed by atoms with E-state index in [2.05, 4.69) is 24.5 Å². The van der Waals surface area contributed by atoms with Gasteiger partial charge in [-0.25, -0.2) is 0 Å². The Balaban J connectivity index is 2.20. The Hall–Kier alpha value is -1.53. The fourth-order valence-corrected chi connectivity index (χ4v) is 5.18. The molecule has 0 unspecified atom stereocenters. The summed E-state index contributed by atoms with van der Waals surface area (Å²) in [6.45, 7) is 5.55. The van der Waals surface area contributed by atoms with Crippen LogP contribution in [-0.4, -0.2) is 37.8 Å². The summed E-state index contributed by atoms with van der Waals surface area (Å²) in [5, 5.41) is 5.97. The van der Waals surface area contributed by atoms with Gasteiger partial charge in [-0.3, -0.25) is 9.59 Å². The third-order valence-corrected chi connectivity index (χ3v) is 7.59. The lowest BCUT2D eigenvalue weighted by atomic mass is 10.0. The average molecular weight is 535 g/mol. The van der Waals surface area contributed by atoms with Gasteiger partial charge in [0.05, 0.1) is 5.69 Å². The minimum atomic E-state index is -0.123. The van der Waals surface area contributed by atoms with E-state index < -0.39 is 0 Å². The lowest BCUT2D eigenvalue weighted by molar-refractivity contribution is -0.116. The molecule has 1 aromatic carbocycles. The number of thioether (sulfide) groups is 1. The van der Waals surface area contributed by atoms with Crippen LogP contribution >= 0.6 is 11.8 Å². The van der Waals surface area contributed by atoms with Crippen LogP contribution in [0.25, 0.3) is 0 Å². The van der Waals surface area contributed by atoms with E-state index in [0.717, 1.165) is 35.6 Å². The topological polar surface area (TPSA) is 67.4 Å². The van der Waals surface area contributed by atoms with E-state index in [1.165, 1.54) is 83.5 Å². The highest BCUT2D eigenvalue weighted by atomic mass is 32.2. The van der Waals surface area contributed by atoms with Crippen LogP contribution in [0.1, 0.15) is 133 Å². The first-order valence-electron chi connectivity index (χ1n) is 15.0. The number of carbonyl (C=O) groups is 2. The summed E-state index contributed by atoms with van der Waals surface area (Å²) >= 11 is 1.68. The largest absolute Gasteiger partial charge is 0.385 e. The Morgan fingerprint density at radius 1 is 0.784 bits per heavy atom. The Labute approximate surface area is 231 Å². The van der Waals surface area contributed by atoms with Crippen LogP contribution < -0.4 is 10.6 Å². The smallest absolute Gasteiger partial charge is 0.251 e. The zero-order chi connectivity index (χ0) is 27.0. The highest BCUT2D eigenvalue weighted by Gasteiger charge is 2.12. The number of hydrogen-bond acceptors (Lipinski definition) is 4. The van der Waals surface area contributed by atoms with Crippen LogP contribution in [0.15, 0.2) is 23.1 Å². The molecule has 0 saturated carbocycles. The van der Waals surface area contributed by atoms with Gasteiger partial charge in [-0.15, -0.1) is 11.8 Å². The van der Waals surface area contributed by atoms with Gasteiger partial charge in [-0.05, 0) is 36.8 Å². The number of ether oxygens (including phenoxy) is 1. The standard InChI is InChI=1S/C31H54N2O3S/c1-4-6-7-8-9-10-11-12-13-14-15-16-17-18-19-21-30(34)33-28-26-27(22-23-29(28)37-5-2)31(35)32-24-20-25-36-3/h22-23,26H,4-21,24-25H2,1-3H3,(H,32,35)(H,33,34). The number of nitrogens with one attached hydrogen (secondary N) is 2. The third kappa shape index (κ3) is 17.6. The van der Waals surface area contributed by atoms with Crippen molar-refractivity contribution in [1.29, 1.82) is 0 Å². The molecule has 0 fully saturated rings. The highest BCUT2D eigenvalue weighted by Crippen LogP contribution is 2.28. The van der Waals surface area contributed by atoms with Crippen molar-refractivity contribution in [2.45, 2.75) is 128 Å². The first-order valence-corrected chi connectivity index (χ1v) is 15.9. The molecule has 0 spiro atoms. The Morgan fingerprint density at radius 3 is 1.89 bits per heavy atom. The summed E-state index contributed by atoms with van der Waals surface area (Å²) in [6, 6.07) is 5.56. The van der Waals surface area contributed by atoms with Gasteiger partial charge in [0.1, 0.15) is 0 Å². The number of benzene rings is 1. The molecule has 5 nitrogen and oxygen atoms in total. The van der Waals surface area contributed by atoms with Crippen molar-refractivity contribution in [1.82, 2.24) is 5.32 Å². The Bertz CT molecular complexity index is 726. The van der Waals surface area contributed by atoms with Crippen molar-refractivity contribution in [2.75, 3.05) is 31.3 Å². The molecule has 2 amide bonds. The molecule has 0 bridgehead atoms. The molecule has 2 N–H and O–H groups in total. The molecule has 6 heteroatoms. The minimum absolute atomic E-state index is 0.0327. The predicted molar refractivity (Wildman–Crippen MR) is 160 cm³/mol. The second-order valence-corrected chi connectivity index (χ2v) is 11.3. The normalized spacial score (nSPS) is 11.0. The van der Waals surface area contributed by atoms with Crippen molar-refractivity contribution in [3.63, 3.8) is 0 Å². The predicted octanol–water partition coefficient (Wildman–Crippen LogP) is 8.76. The van der Waals surface area contributed by atoms with E-state index in [4.69, 9.17) is 4.74 Å². The molecule has 1 aromatic rings. The molecule has 37 heavy (non-hydrogen) atoms. The van der Waals surface area contributed by atoms with Crippen LogP contribution in [0.5, 0.6) is 0 Å². The summed E-state index contributed by atoms with van der Waals surface area (Å²) in [7, 11) is 1.65. The molecule has 0 aliphatic rings. The molecule has 0 radical (unpaired) electrons. The summed E-state index contributed by atoms with van der Waals surface area (Å²) in [4.78, 5) is 26.1. The van der Waals surface area contributed by atoms with Crippen molar-refractivity contribution < 1.29 is 14.3 Å². The summed E-state index contributed by atoms with van der Waals surface area (Å²) < 4.78 is 5.03. The van der Waals surface area contributed by atoms with Crippen LogP contribution in [0.3, 0.4) is 0 Å². The lowest BCUT2D eigenvalue weighted by Gasteiger charge is -2.13. The first kappa shape index (κ1) is 33.5. The molecule has 0 atom stereocenters. The number of carbonyl (C=O) groups excluding carboxylic acids is 2. The average Bonchev–Trinajstić information content (AvgIpc) is 2.90. The number of unbranched alkanes of at least 4 members (excludes halogenated alkanes) is 14. The second kappa shape index (κ2) is 23.6. The van der Waals surface area contributed by atoms with Crippen LogP contribution in [0.4, 0.5) is 5.69 Å². The monoisotopic (exact) mass is 534 g/mol. The molecule has 0 heterocycles. The van der Waals surface area contributed by atoms with E-state index in [-0.39, 0.29) is 11.8 Å². The van der Waals surface area contributed by atoms with Crippen LogP contribution in [0, 0.1) is 0 Å². The zero-order valence-electron chi connectivity index (χ0n) is 24.0. The molecule has 0 aliphatic carbocycles. The van der Waals surface area contributed by atoms with Crippen molar-refractivity contribution in [3.05, 3.63) is 23.8 Å². The lowest BCUT2D eigenvalue weighted by Crippen LogP contribution is -2.25.